The second-order valence-corrected chi connectivity index (χ2v) is 2.69. The average Bonchev–Trinajstić information content (AvgIpc) is 1.95. The highest BCUT2D eigenvalue weighted by molar-refractivity contribution is 7.80. The van der Waals surface area contributed by atoms with Crippen molar-refractivity contribution in [3.63, 3.8) is 0 Å². The van der Waals surface area contributed by atoms with E-state index in [1.165, 1.54) is 6.20 Å². The Morgan fingerprint density at radius 2 is 2.09 bits per heavy atom. The molecule has 0 heterocycles. The Kier molecular flexibility index (Phi) is 2.44. The van der Waals surface area contributed by atoms with Crippen LogP contribution in [-0.4, -0.2) is 0 Å². The van der Waals surface area contributed by atoms with Crippen LogP contribution in [0.5, 0.6) is 0 Å². The highest BCUT2D eigenvalue weighted by Gasteiger charge is 1.93. The van der Waals surface area contributed by atoms with Crippen molar-refractivity contribution < 1.29 is 0 Å². The first kappa shape index (κ1) is 8.01. The van der Waals surface area contributed by atoms with E-state index in [0.29, 0.717) is 5.69 Å². The summed E-state index contributed by atoms with van der Waals surface area (Å²) in [5.41, 5.74) is 12.5. The molecule has 0 unspecified atom stereocenters. The molecule has 3 heteroatoms. The van der Waals surface area contributed by atoms with Crippen molar-refractivity contribution in [2.75, 3.05) is 5.73 Å². The van der Waals surface area contributed by atoms with Crippen molar-refractivity contribution in [1.82, 2.24) is 0 Å². The van der Waals surface area contributed by atoms with Crippen LogP contribution in [0, 0.1) is 0 Å². The van der Waals surface area contributed by atoms with Crippen LogP contribution in [0.2, 0.25) is 0 Å². The lowest BCUT2D eigenvalue weighted by molar-refractivity contribution is 1.46. The summed E-state index contributed by atoms with van der Waals surface area (Å²) in [5, 5.41) is 0. The second kappa shape index (κ2) is 3.34. The minimum atomic E-state index is 0.694. The normalized spacial score (nSPS) is 10.6. The fourth-order valence-electron chi connectivity index (χ4n) is 0.818. The molecule has 0 aliphatic heterocycles. The lowest BCUT2D eigenvalue weighted by Crippen LogP contribution is -1.89. The molecular weight excluding hydrogens is 156 g/mol. The maximum Gasteiger partial charge on any atom is 0.0399 e. The summed E-state index contributed by atoms with van der Waals surface area (Å²) in [7, 11) is 0. The number of thiol groups is 1. The molecule has 0 aromatic heterocycles. The molecule has 0 atom stereocenters. The first-order valence-corrected chi connectivity index (χ1v) is 3.65. The lowest BCUT2D eigenvalue weighted by atomic mass is 10.2. The molecule has 0 bridgehead atoms. The molecule has 0 saturated carbocycles. The number of anilines is 1. The fraction of sp³-hybridized carbons (Fsp3) is 0. The first-order valence-electron chi connectivity index (χ1n) is 3.21. The van der Waals surface area contributed by atoms with Gasteiger partial charge in [0.2, 0.25) is 0 Å². The van der Waals surface area contributed by atoms with Gasteiger partial charge in [-0.05, 0) is 30.0 Å². The van der Waals surface area contributed by atoms with Gasteiger partial charge in [0, 0.05) is 10.6 Å². The summed E-state index contributed by atoms with van der Waals surface area (Å²) in [6.07, 6.45) is 3.21. The van der Waals surface area contributed by atoms with Gasteiger partial charge in [0.05, 0.1) is 0 Å². The lowest BCUT2D eigenvalue weighted by Gasteiger charge is -1.99. The van der Waals surface area contributed by atoms with E-state index in [-0.39, 0.29) is 0 Å². The molecule has 1 aromatic rings. The van der Waals surface area contributed by atoms with Crippen LogP contribution < -0.4 is 11.5 Å². The molecule has 0 fully saturated rings. The van der Waals surface area contributed by atoms with Gasteiger partial charge in [-0.25, -0.2) is 0 Å². The third-order valence-electron chi connectivity index (χ3n) is 1.35. The van der Waals surface area contributed by atoms with Crippen molar-refractivity contribution in [2.24, 2.45) is 5.73 Å². The van der Waals surface area contributed by atoms with Crippen LogP contribution >= 0.6 is 12.6 Å². The van der Waals surface area contributed by atoms with E-state index in [1.54, 1.807) is 12.1 Å². The molecule has 0 aliphatic carbocycles. The van der Waals surface area contributed by atoms with Crippen LogP contribution in [-0.2, 0) is 0 Å². The summed E-state index contributed by atoms with van der Waals surface area (Å²) in [4.78, 5) is 0.858. The Morgan fingerprint density at radius 3 is 2.64 bits per heavy atom. The average molecular weight is 166 g/mol. The highest BCUT2D eigenvalue weighted by Crippen LogP contribution is 2.17. The van der Waals surface area contributed by atoms with Gasteiger partial charge in [0.25, 0.3) is 0 Å². The summed E-state index contributed by atoms with van der Waals surface area (Å²) in [6.45, 7) is 0. The zero-order valence-corrected chi connectivity index (χ0v) is 6.88. The molecule has 11 heavy (non-hydrogen) atoms. The molecule has 1 aromatic carbocycles. The van der Waals surface area contributed by atoms with Gasteiger partial charge in [-0.1, -0.05) is 6.07 Å². The summed E-state index contributed by atoms with van der Waals surface area (Å²) in [5.74, 6) is 0. The van der Waals surface area contributed by atoms with Gasteiger partial charge in [0.15, 0.2) is 0 Å². The zero-order valence-electron chi connectivity index (χ0n) is 5.99. The summed E-state index contributed by atoms with van der Waals surface area (Å²) in [6, 6.07) is 5.54. The summed E-state index contributed by atoms with van der Waals surface area (Å²) < 4.78 is 0. The fourth-order valence-corrected chi connectivity index (χ4v) is 1.03. The summed E-state index contributed by atoms with van der Waals surface area (Å²) >= 11 is 4.13. The van der Waals surface area contributed by atoms with E-state index in [0.717, 1.165) is 10.5 Å². The van der Waals surface area contributed by atoms with E-state index < -0.39 is 0 Å². The number of benzene rings is 1. The van der Waals surface area contributed by atoms with Crippen molar-refractivity contribution in [3.05, 3.63) is 30.0 Å². The molecule has 0 spiro atoms. The minimum absolute atomic E-state index is 0.694. The van der Waals surface area contributed by atoms with Gasteiger partial charge in [-0.2, -0.15) is 0 Å². The predicted octanol–water partition coefficient (Wildman–Crippen LogP) is 1.49. The van der Waals surface area contributed by atoms with E-state index in [2.05, 4.69) is 12.6 Å². The third kappa shape index (κ3) is 1.91. The molecule has 1 rings (SSSR count). The second-order valence-electron chi connectivity index (χ2n) is 2.17. The number of hydrogen-bond acceptors (Lipinski definition) is 3. The molecule has 0 radical (unpaired) electrons. The van der Waals surface area contributed by atoms with E-state index in [1.807, 2.05) is 12.1 Å². The molecule has 58 valence electrons. The standard InChI is InChI=1S/C8H10N2S/c9-4-3-6-1-2-7(11)5-8(6)10/h1-5,11H,9-10H2/b4-3-. The van der Waals surface area contributed by atoms with E-state index in [4.69, 9.17) is 11.5 Å². The Morgan fingerprint density at radius 1 is 1.36 bits per heavy atom. The van der Waals surface area contributed by atoms with Gasteiger partial charge in [-0.15, -0.1) is 12.6 Å². The van der Waals surface area contributed by atoms with Crippen LogP contribution in [0.15, 0.2) is 29.3 Å². The number of nitrogen functional groups attached to an aromatic ring is 1. The monoisotopic (exact) mass is 166 g/mol. The number of hydrogen-bond donors (Lipinski definition) is 3. The quantitative estimate of drug-likeness (QED) is 0.437. The molecular formula is C8H10N2S. The molecule has 2 nitrogen and oxygen atoms in total. The maximum absolute atomic E-state index is 5.65. The number of nitrogens with two attached hydrogens (primary N) is 2. The topological polar surface area (TPSA) is 52.0 Å². The Balaban J connectivity index is 3.09. The third-order valence-corrected chi connectivity index (χ3v) is 1.62. The Labute approximate surface area is 71.3 Å². The Bertz CT molecular complexity index is 281. The predicted molar refractivity (Wildman–Crippen MR) is 51.3 cm³/mol. The molecule has 0 saturated heterocycles. The number of rotatable bonds is 1. The van der Waals surface area contributed by atoms with E-state index in [9.17, 15) is 0 Å². The van der Waals surface area contributed by atoms with E-state index >= 15 is 0 Å². The van der Waals surface area contributed by atoms with Crippen LogP contribution in [0.4, 0.5) is 5.69 Å². The largest absolute Gasteiger partial charge is 0.405 e. The van der Waals surface area contributed by atoms with Crippen LogP contribution in [0.1, 0.15) is 5.56 Å². The highest BCUT2D eigenvalue weighted by atomic mass is 32.1. The van der Waals surface area contributed by atoms with Gasteiger partial charge < -0.3 is 11.5 Å². The van der Waals surface area contributed by atoms with Gasteiger partial charge >= 0.3 is 0 Å². The van der Waals surface area contributed by atoms with Gasteiger partial charge in [0.1, 0.15) is 0 Å². The maximum atomic E-state index is 5.65. The van der Waals surface area contributed by atoms with Crippen LogP contribution in [0.3, 0.4) is 0 Å². The molecule has 4 N–H and O–H groups in total. The van der Waals surface area contributed by atoms with Gasteiger partial charge in [-0.3, -0.25) is 0 Å². The SMILES string of the molecule is N/C=C\c1ccc(S)cc1N. The van der Waals surface area contributed by atoms with Crippen molar-refractivity contribution in [2.45, 2.75) is 4.90 Å². The minimum Gasteiger partial charge on any atom is -0.405 e. The smallest absolute Gasteiger partial charge is 0.0399 e. The Hall–Kier alpha value is -1.09. The molecule has 0 aliphatic rings. The van der Waals surface area contributed by atoms with Crippen molar-refractivity contribution in [3.8, 4) is 0 Å². The zero-order chi connectivity index (χ0) is 8.27. The molecule has 0 amide bonds. The van der Waals surface area contributed by atoms with Crippen LogP contribution in [0.25, 0.3) is 6.08 Å². The van der Waals surface area contributed by atoms with Crippen molar-refractivity contribution >= 4 is 24.4 Å². The van der Waals surface area contributed by atoms with Crippen molar-refractivity contribution in [1.29, 1.82) is 0 Å². The first-order chi connectivity index (χ1) is 5.24.